The summed E-state index contributed by atoms with van der Waals surface area (Å²) >= 11 is 0. The van der Waals surface area contributed by atoms with E-state index in [0.29, 0.717) is 26.1 Å². The summed E-state index contributed by atoms with van der Waals surface area (Å²) in [6, 6.07) is 3.23. The molecule has 0 amide bonds. The molecule has 0 aromatic heterocycles. The van der Waals surface area contributed by atoms with Crippen LogP contribution in [0.25, 0.3) is 0 Å². The first-order chi connectivity index (χ1) is 9.06. The zero-order valence-electron chi connectivity index (χ0n) is 10.3. The van der Waals surface area contributed by atoms with Crippen LogP contribution in [-0.4, -0.2) is 35.4 Å². The van der Waals surface area contributed by atoms with Crippen molar-refractivity contribution in [2.24, 2.45) is 0 Å². The zero-order valence-corrected chi connectivity index (χ0v) is 10.3. The van der Waals surface area contributed by atoms with Crippen LogP contribution in [0.2, 0.25) is 0 Å². The Morgan fingerprint density at radius 3 is 2.74 bits per heavy atom. The number of nitrogens with one attached hydrogen (secondary N) is 1. The number of aliphatic hydroxyl groups excluding tert-OH is 1. The maximum Gasteiger partial charge on any atom is 0.292 e. The summed E-state index contributed by atoms with van der Waals surface area (Å²) in [5.74, 6) is -0.562. The first kappa shape index (κ1) is 13.7. The molecule has 104 valence electrons. The van der Waals surface area contributed by atoms with Gasteiger partial charge in [0, 0.05) is 25.3 Å². The quantitative estimate of drug-likeness (QED) is 0.642. The van der Waals surface area contributed by atoms with Crippen molar-refractivity contribution in [2.45, 2.75) is 18.4 Å². The Hall–Kier alpha value is -1.73. The molecule has 1 saturated heterocycles. The van der Waals surface area contributed by atoms with Crippen LogP contribution in [0.5, 0.6) is 0 Å². The summed E-state index contributed by atoms with van der Waals surface area (Å²) in [6.45, 7) is 0.720. The van der Waals surface area contributed by atoms with Gasteiger partial charge in [-0.2, -0.15) is 0 Å². The third-order valence-corrected chi connectivity index (χ3v) is 3.31. The van der Waals surface area contributed by atoms with Crippen LogP contribution in [0.1, 0.15) is 12.8 Å². The number of hydrogen-bond donors (Lipinski definition) is 2. The van der Waals surface area contributed by atoms with Crippen molar-refractivity contribution >= 4 is 11.4 Å². The number of nitro benzene ring substituents is 1. The van der Waals surface area contributed by atoms with E-state index in [1.165, 1.54) is 0 Å². The Bertz CT molecular complexity index is 475. The van der Waals surface area contributed by atoms with Crippen molar-refractivity contribution in [3.8, 4) is 0 Å². The lowest BCUT2D eigenvalue weighted by molar-refractivity contribution is -0.384. The van der Waals surface area contributed by atoms with Crippen LogP contribution < -0.4 is 5.32 Å². The highest BCUT2D eigenvalue weighted by Gasteiger charge is 2.33. The summed E-state index contributed by atoms with van der Waals surface area (Å²) < 4.78 is 18.5. The zero-order chi connectivity index (χ0) is 13.9. The molecule has 0 atom stereocenters. The first-order valence-electron chi connectivity index (χ1n) is 5.97. The summed E-state index contributed by atoms with van der Waals surface area (Å²) in [5.41, 5.74) is -0.821. The third kappa shape index (κ3) is 2.99. The second-order valence-electron chi connectivity index (χ2n) is 4.59. The van der Waals surface area contributed by atoms with E-state index in [4.69, 9.17) is 4.74 Å². The lowest BCUT2D eigenvalue weighted by Crippen LogP contribution is -2.47. The smallest absolute Gasteiger partial charge is 0.292 e. The predicted molar refractivity (Wildman–Crippen MR) is 66.5 cm³/mol. The van der Waals surface area contributed by atoms with Gasteiger partial charge in [-0.1, -0.05) is 0 Å². The molecule has 1 aliphatic rings. The van der Waals surface area contributed by atoms with Gasteiger partial charge in [-0.25, -0.2) is 4.39 Å². The summed E-state index contributed by atoms with van der Waals surface area (Å²) in [6.07, 6.45) is 1.02. The summed E-state index contributed by atoms with van der Waals surface area (Å²) in [5, 5.41) is 23.4. The number of halogens is 1. The number of anilines is 1. The number of rotatable bonds is 4. The molecule has 0 unspecified atom stereocenters. The average molecular weight is 270 g/mol. The number of ether oxygens (including phenoxy) is 1. The Morgan fingerprint density at radius 1 is 1.47 bits per heavy atom. The van der Waals surface area contributed by atoms with E-state index in [0.717, 1.165) is 18.2 Å². The first-order valence-corrected chi connectivity index (χ1v) is 5.97. The lowest BCUT2D eigenvalue weighted by Gasteiger charge is -2.37. The Kier molecular flexibility index (Phi) is 3.96. The minimum Gasteiger partial charge on any atom is -0.394 e. The van der Waals surface area contributed by atoms with Gasteiger partial charge in [-0.15, -0.1) is 0 Å². The van der Waals surface area contributed by atoms with Gasteiger partial charge in [0.05, 0.1) is 17.1 Å². The molecule has 19 heavy (non-hydrogen) atoms. The van der Waals surface area contributed by atoms with E-state index < -0.39 is 16.3 Å². The molecule has 2 N–H and O–H groups in total. The van der Waals surface area contributed by atoms with Crippen molar-refractivity contribution in [3.63, 3.8) is 0 Å². The van der Waals surface area contributed by atoms with Crippen LogP contribution in [0.15, 0.2) is 18.2 Å². The van der Waals surface area contributed by atoms with Crippen LogP contribution in [0.3, 0.4) is 0 Å². The minimum absolute atomic E-state index is 0.0842. The number of nitro groups is 1. The van der Waals surface area contributed by atoms with Crippen molar-refractivity contribution < 1.29 is 19.2 Å². The standard InChI is InChI=1S/C12H15FN2O4/c13-9-1-2-11(15(17)18)10(7-9)14-12(8-16)3-5-19-6-4-12/h1-2,7,14,16H,3-6,8H2. The molecule has 2 rings (SSSR count). The lowest BCUT2D eigenvalue weighted by atomic mass is 9.90. The van der Waals surface area contributed by atoms with Gasteiger partial charge in [0.15, 0.2) is 0 Å². The van der Waals surface area contributed by atoms with Crippen molar-refractivity contribution in [1.29, 1.82) is 0 Å². The molecular formula is C12H15FN2O4. The van der Waals surface area contributed by atoms with Crippen molar-refractivity contribution in [1.82, 2.24) is 0 Å². The monoisotopic (exact) mass is 270 g/mol. The molecule has 0 saturated carbocycles. The van der Waals surface area contributed by atoms with E-state index in [1.807, 2.05) is 0 Å². The summed E-state index contributed by atoms with van der Waals surface area (Å²) in [4.78, 5) is 10.3. The van der Waals surface area contributed by atoms with E-state index >= 15 is 0 Å². The van der Waals surface area contributed by atoms with Gasteiger partial charge in [0.1, 0.15) is 11.5 Å². The highest BCUT2D eigenvalue weighted by atomic mass is 19.1. The molecule has 0 bridgehead atoms. The third-order valence-electron chi connectivity index (χ3n) is 3.31. The average Bonchev–Trinajstić information content (AvgIpc) is 2.39. The normalized spacial score (nSPS) is 18.0. The molecule has 0 spiro atoms. The van der Waals surface area contributed by atoms with Gasteiger partial charge in [0.25, 0.3) is 5.69 Å². The van der Waals surface area contributed by atoms with Crippen molar-refractivity contribution in [3.05, 3.63) is 34.1 Å². The Labute approximate surface area is 109 Å². The van der Waals surface area contributed by atoms with Crippen LogP contribution in [-0.2, 0) is 4.74 Å². The largest absolute Gasteiger partial charge is 0.394 e. The molecule has 1 heterocycles. The fourth-order valence-corrected chi connectivity index (χ4v) is 2.14. The number of hydrogen-bond acceptors (Lipinski definition) is 5. The molecule has 1 aromatic rings. The van der Waals surface area contributed by atoms with Gasteiger partial charge >= 0.3 is 0 Å². The van der Waals surface area contributed by atoms with E-state index in [2.05, 4.69) is 5.32 Å². The highest BCUT2D eigenvalue weighted by molar-refractivity contribution is 5.62. The van der Waals surface area contributed by atoms with E-state index in [9.17, 15) is 19.6 Å². The van der Waals surface area contributed by atoms with Crippen molar-refractivity contribution in [2.75, 3.05) is 25.1 Å². The van der Waals surface area contributed by atoms with E-state index in [1.54, 1.807) is 0 Å². The molecule has 0 radical (unpaired) electrons. The van der Waals surface area contributed by atoms with Gasteiger partial charge in [-0.3, -0.25) is 10.1 Å². The second kappa shape index (κ2) is 5.50. The van der Waals surface area contributed by atoms with E-state index in [-0.39, 0.29) is 18.0 Å². The minimum atomic E-state index is -0.698. The maximum atomic E-state index is 13.2. The molecular weight excluding hydrogens is 255 g/mol. The second-order valence-corrected chi connectivity index (χ2v) is 4.59. The molecule has 1 aromatic carbocycles. The molecule has 0 aliphatic carbocycles. The number of benzene rings is 1. The van der Waals surface area contributed by atoms with Gasteiger partial charge in [-0.05, 0) is 18.9 Å². The van der Waals surface area contributed by atoms with Crippen LogP contribution >= 0.6 is 0 Å². The maximum absolute atomic E-state index is 13.2. The predicted octanol–water partition coefficient (Wildman–Crippen LogP) is 1.69. The van der Waals surface area contributed by atoms with Crippen LogP contribution in [0, 0.1) is 15.9 Å². The number of aliphatic hydroxyl groups is 1. The molecule has 7 heteroatoms. The molecule has 1 fully saturated rings. The Morgan fingerprint density at radius 2 is 2.16 bits per heavy atom. The van der Waals surface area contributed by atoms with Gasteiger partial charge < -0.3 is 15.2 Å². The fourth-order valence-electron chi connectivity index (χ4n) is 2.14. The number of nitrogens with zero attached hydrogens (tertiary/aromatic N) is 1. The molecule has 6 nitrogen and oxygen atoms in total. The van der Waals surface area contributed by atoms with Gasteiger partial charge in [0.2, 0.25) is 0 Å². The Balaban J connectivity index is 2.30. The topological polar surface area (TPSA) is 84.6 Å². The highest BCUT2D eigenvalue weighted by Crippen LogP contribution is 2.31. The fraction of sp³-hybridized carbons (Fsp3) is 0.500. The summed E-state index contributed by atoms with van der Waals surface area (Å²) in [7, 11) is 0. The SMILES string of the molecule is O=[N+]([O-])c1ccc(F)cc1NC1(CO)CCOCC1. The van der Waals surface area contributed by atoms with Crippen LogP contribution in [0.4, 0.5) is 15.8 Å². The molecule has 1 aliphatic heterocycles.